The number of carbonyl (C=O) groups is 1. The monoisotopic (exact) mass is 279 g/mol. The van der Waals surface area contributed by atoms with Gasteiger partial charge in [0.15, 0.2) is 0 Å². The van der Waals surface area contributed by atoms with Crippen LogP contribution in [0.2, 0.25) is 0 Å². The van der Waals surface area contributed by atoms with Crippen molar-refractivity contribution in [2.75, 3.05) is 6.61 Å². The highest BCUT2D eigenvalue weighted by Gasteiger charge is 2.10. The molecule has 112 valence electrons. The predicted octanol–water partition coefficient (Wildman–Crippen LogP) is 2.35. The molecule has 1 aromatic carbocycles. The van der Waals surface area contributed by atoms with E-state index in [9.17, 15) is 9.90 Å². The van der Waals surface area contributed by atoms with Crippen molar-refractivity contribution in [1.29, 1.82) is 0 Å². The number of aliphatic hydroxyl groups is 1. The molecular formula is C16H25NO3. The number of hydrogen-bond acceptors (Lipinski definition) is 3. The molecule has 2 atom stereocenters. The molecule has 0 aromatic heterocycles. The summed E-state index contributed by atoms with van der Waals surface area (Å²) >= 11 is 0. The molecule has 20 heavy (non-hydrogen) atoms. The van der Waals surface area contributed by atoms with Crippen molar-refractivity contribution in [3.05, 3.63) is 29.3 Å². The summed E-state index contributed by atoms with van der Waals surface area (Å²) in [5, 5.41) is 12.1. The minimum Gasteiger partial charge on any atom is -0.493 e. The zero-order chi connectivity index (χ0) is 15.1. The van der Waals surface area contributed by atoms with Crippen molar-refractivity contribution in [1.82, 2.24) is 5.32 Å². The van der Waals surface area contributed by atoms with Crippen LogP contribution in [0.15, 0.2) is 18.2 Å². The number of aryl methyl sites for hydroxylation is 1. The maximum absolute atomic E-state index is 11.7. The third kappa shape index (κ3) is 5.61. The minimum atomic E-state index is -0.406. The summed E-state index contributed by atoms with van der Waals surface area (Å²) in [6.45, 7) is 8.00. The highest BCUT2D eigenvalue weighted by Crippen LogP contribution is 2.20. The van der Waals surface area contributed by atoms with Crippen molar-refractivity contribution in [3.8, 4) is 5.75 Å². The van der Waals surface area contributed by atoms with E-state index in [-0.39, 0.29) is 11.9 Å². The first kappa shape index (κ1) is 16.5. The third-order valence-electron chi connectivity index (χ3n) is 3.24. The van der Waals surface area contributed by atoms with E-state index in [1.807, 2.05) is 39.0 Å². The highest BCUT2D eigenvalue weighted by molar-refractivity contribution is 5.76. The molecule has 2 N–H and O–H groups in total. The minimum absolute atomic E-state index is 0.0248. The molecule has 0 fully saturated rings. The summed E-state index contributed by atoms with van der Waals surface area (Å²) in [5.74, 6) is 0.776. The van der Waals surface area contributed by atoms with Gasteiger partial charge in [0.1, 0.15) is 5.75 Å². The van der Waals surface area contributed by atoms with E-state index in [1.165, 1.54) is 5.56 Å². The molecule has 0 bridgehead atoms. The van der Waals surface area contributed by atoms with Gasteiger partial charge in [0.05, 0.1) is 19.1 Å². The quantitative estimate of drug-likeness (QED) is 0.805. The third-order valence-corrected chi connectivity index (χ3v) is 3.24. The van der Waals surface area contributed by atoms with Gasteiger partial charge in [-0.2, -0.15) is 0 Å². The van der Waals surface area contributed by atoms with Crippen LogP contribution in [0.25, 0.3) is 0 Å². The fourth-order valence-corrected chi connectivity index (χ4v) is 2.05. The number of ether oxygens (including phenoxy) is 1. The fourth-order valence-electron chi connectivity index (χ4n) is 2.05. The van der Waals surface area contributed by atoms with E-state index in [4.69, 9.17) is 4.74 Å². The summed E-state index contributed by atoms with van der Waals surface area (Å²) < 4.78 is 5.64. The van der Waals surface area contributed by atoms with Gasteiger partial charge in [-0.3, -0.25) is 4.79 Å². The van der Waals surface area contributed by atoms with Crippen molar-refractivity contribution >= 4 is 5.91 Å². The van der Waals surface area contributed by atoms with Gasteiger partial charge in [0.2, 0.25) is 5.91 Å². The summed E-state index contributed by atoms with van der Waals surface area (Å²) in [7, 11) is 0. The van der Waals surface area contributed by atoms with E-state index < -0.39 is 6.10 Å². The first-order valence-electron chi connectivity index (χ1n) is 7.06. The number of aliphatic hydroxyl groups excluding tert-OH is 1. The molecule has 0 spiro atoms. The van der Waals surface area contributed by atoms with E-state index in [1.54, 1.807) is 6.92 Å². The van der Waals surface area contributed by atoms with Gasteiger partial charge in [0.25, 0.3) is 0 Å². The van der Waals surface area contributed by atoms with E-state index >= 15 is 0 Å². The molecule has 0 aliphatic carbocycles. The topological polar surface area (TPSA) is 58.6 Å². The molecule has 0 radical (unpaired) electrons. The number of amides is 1. The van der Waals surface area contributed by atoms with Crippen LogP contribution in [0.5, 0.6) is 5.75 Å². The van der Waals surface area contributed by atoms with Gasteiger partial charge >= 0.3 is 0 Å². The van der Waals surface area contributed by atoms with Crippen molar-refractivity contribution < 1.29 is 14.6 Å². The summed E-state index contributed by atoms with van der Waals surface area (Å²) in [5.41, 5.74) is 2.29. The van der Waals surface area contributed by atoms with Crippen molar-refractivity contribution in [3.63, 3.8) is 0 Å². The average Bonchev–Trinajstić information content (AvgIpc) is 2.33. The molecule has 4 nitrogen and oxygen atoms in total. The largest absolute Gasteiger partial charge is 0.493 e. The Kier molecular flexibility index (Phi) is 6.52. The fraction of sp³-hybridized carbons (Fsp3) is 0.562. The van der Waals surface area contributed by atoms with Gasteiger partial charge in [-0.15, -0.1) is 0 Å². The van der Waals surface area contributed by atoms with Crippen molar-refractivity contribution in [2.24, 2.45) is 0 Å². The zero-order valence-electron chi connectivity index (χ0n) is 12.8. The van der Waals surface area contributed by atoms with Gasteiger partial charge in [-0.05, 0) is 51.3 Å². The lowest BCUT2D eigenvalue weighted by Crippen LogP contribution is -2.35. The van der Waals surface area contributed by atoms with E-state index in [0.29, 0.717) is 19.4 Å². The number of carbonyl (C=O) groups excluding carboxylic acids is 1. The molecule has 4 heteroatoms. The Morgan fingerprint density at radius 1 is 1.35 bits per heavy atom. The molecule has 1 rings (SSSR count). The maximum atomic E-state index is 11.7. The molecule has 0 saturated heterocycles. The van der Waals surface area contributed by atoms with Crippen LogP contribution in [0.1, 0.15) is 37.8 Å². The smallest absolute Gasteiger partial charge is 0.223 e. The Labute approximate surface area is 121 Å². The first-order chi connectivity index (χ1) is 9.40. The van der Waals surface area contributed by atoms with Crippen LogP contribution in [-0.4, -0.2) is 29.8 Å². The van der Waals surface area contributed by atoms with Crippen LogP contribution in [0.3, 0.4) is 0 Å². The molecule has 0 aliphatic heterocycles. The summed E-state index contributed by atoms with van der Waals surface area (Å²) in [6, 6.07) is 5.87. The van der Waals surface area contributed by atoms with Gasteiger partial charge in [-0.25, -0.2) is 0 Å². The molecule has 0 aliphatic rings. The van der Waals surface area contributed by atoms with Gasteiger partial charge in [-0.1, -0.05) is 12.1 Å². The number of hydrogen-bond donors (Lipinski definition) is 2. The highest BCUT2D eigenvalue weighted by atomic mass is 16.5. The van der Waals surface area contributed by atoms with Crippen molar-refractivity contribution in [2.45, 2.75) is 52.7 Å². The normalized spacial score (nSPS) is 13.7. The lowest BCUT2D eigenvalue weighted by atomic mass is 10.1. The number of benzene rings is 1. The molecule has 1 amide bonds. The van der Waals surface area contributed by atoms with Crippen LogP contribution in [0.4, 0.5) is 0 Å². The Morgan fingerprint density at radius 2 is 2.05 bits per heavy atom. The zero-order valence-corrected chi connectivity index (χ0v) is 12.8. The Balaban J connectivity index is 2.33. The number of nitrogens with one attached hydrogen (secondary N) is 1. The SMILES string of the molecule is Cc1cccc(OCCC(=O)NC(C)CC(C)O)c1C. The van der Waals surface area contributed by atoms with Gasteiger partial charge in [0, 0.05) is 6.04 Å². The first-order valence-corrected chi connectivity index (χ1v) is 7.06. The second-order valence-corrected chi connectivity index (χ2v) is 5.35. The predicted molar refractivity (Wildman–Crippen MR) is 79.9 cm³/mol. The summed E-state index contributed by atoms with van der Waals surface area (Å²) in [4.78, 5) is 11.7. The lowest BCUT2D eigenvalue weighted by molar-refractivity contribution is -0.122. The molecule has 2 unspecified atom stereocenters. The Hall–Kier alpha value is -1.55. The average molecular weight is 279 g/mol. The second kappa shape index (κ2) is 7.90. The number of rotatable bonds is 7. The maximum Gasteiger partial charge on any atom is 0.223 e. The standard InChI is InChI=1S/C16H25NO3/c1-11-6-5-7-15(14(11)4)20-9-8-16(19)17-12(2)10-13(3)18/h5-7,12-13,18H,8-10H2,1-4H3,(H,17,19). The van der Waals surface area contributed by atoms with E-state index in [2.05, 4.69) is 5.32 Å². The molecule has 0 heterocycles. The van der Waals surface area contributed by atoms with Crippen LogP contribution in [-0.2, 0) is 4.79 Å². The van der Waals surface area contributed by atoms with E-state index in [0.717, 1.165) is 11.3 Å². The second-order valence-electron chi connectivity index (χ2n) is 5.35. The van der Waals surface area contributed by atoms with Gasteiger partial charge < -0.3 is 15.2 Å². The van der Waals surface area contributed by atoms with Crippen LogP contribution in [0, 0.1) is 13.8 Å². The van der Waals surface area contributed by atoms with Crippen LogP contribution >= 0.6 is 0 Å². The molecule has 0 saturated carbocycles. The van der Waals surface area contributed by atoms with Crippen LogP contribution < -0.4 is 10.1 Å². The Bertz CT molecular complexity index is 443. The Morgan fingerprint density at radius 3 is 2.70 bits per heavy atom. The lowest BCUT2D eigenvalue weighted by Gasteiger charge is -2.16. The summed E-state index contributed by atoms with van der Waals surface area (Å²) in [6.07, 6.45) is 0.470. The molecule has 1 aromatic rings. The molecular weight excluding hydrogens is 254 g/mol.